The van der Waals surface area contributed by atoms with Gasteiger partial charge in [-0.25, -0.2) is 0 Å². The SMILES string of the molecule is CCNCCNc1ccc2c(c1)CCC2. The Kier molecular flexibility index (Phi) is 3.62. The van der Waals surface area contributed by atoms with Crippen LogP contribution in [0, 0.1) is 0 Å². The Bertz CT molecular complexity index is 320. The first-order valence-corrected chi connectivity index (χ1v) is 5.96. The van der Waals surface area contributed by atoms with Gasteiger partial charge in [0.15, 0.2) is 0 Å². The molecule has 0 fully saturated rings. The zero-order chi connectivity index (χ0) is 10.5. The van der Waals surface area contributed by atoms with Gasteiger partial charge in [0.05, 0.1) is 0 Å². The van der Waals surface area contributed by atoms with Gasteiger partial charge in [0.25, 0.3) is 0 Å². The minimum atomic E-state index is 1.01. The van der Waals surface area contributed by atoms with Crippen molar-refractivity contribution in [1.29, 1.82) is 0 Å². The molecule has 0 saturated heterocycles. The minimum Gasteiger partial charge on any atom is -0.384 e. The van der Waals surface area contributed by atoms with Crippen molar-refractivity contribution in [3.8, 4) is 0 Å². The van der Waals surface area contributed by atoms with E-state index in [4.69, 9.17) is 0 Å². The Morgan fingerprint density at radius 3 is 2.87 bits per heavy atom. The van der Waals surface area contributed by atoms with Crippen molar-refractivity contribution < 1.29 is 0 Å². The number of anilines is 1. The fourth-order valence-corrected chi connectivity index (χ4v) is 2.15. The van der Waals surface area contributed by atoms with Crippen molar-refractivity contribution in [1.82, 2.24) is 5.32 Å². The first kappa shape index (κ1) is 10.5. The molecule has 0 bridgehead atoms. The molecule has 1 aliphatic rings. The summed E-state index contributed by atoms with van der Waals surface area (Å²) in [5.74, 6) is 0. The van der Waals surface area contributed by atoms with Crippen LogP contribution in [0.15, 0.2) is 18.2 Å². The highest BCUT2D eigenvalue weighted by Gasteiger charge is 2.10. The lowest BCUT2D eigenvalue weighted by Gasteiger charge is -2.08. The van der Waals surface area contributed by atoms with Crippen LogP contribution in [0.5, 0.6) is 0 Å². The summed E-state index contributed by atoms with van der Waals surface area (Å²) in [4.78, 5) is 0. The molecule has 2 rings (SSSR count). The number of rotatable bonds is 5. The molecule has 0 aliphatic heterocycles. The van der Waals surface area contributed by atoms with Gasteiger partial charge >= 0.3 is 0 Å². The first-order valence-electron chi connectivity index (χ1n) is 5.96. The molecular formula is C13H20N2. The average Bonchev–Trinajstić information content (AvgIpc) is 2.71. The van der Waals surface area contributed by atoms with Crippen LogP contribution in [0.25, 0.3) is 0 Å². The van der Waals surface area contributed by atoms with Crippen LogP contribution in [0.2, 0.25) is 0 Å². The molecule has 15 heavy (non-hydrogen) atoms. The van der Waals surface area contributed by atoms with Gasteiger partial charge < -0.3 is 10.6 Å². The largest absolute Gasteiger partial charge is 0.384 e. The van der Waals surface area contributed by atoms with E-state index >= 15 is 0 Å². The third kappa shape index (κ3) is 2.72. The Balaban J connectivity index is 1.87. The van der Waals surface area contributed by atoms with Crippen molar-refractivity contribution in [2.24, 2.45) is 0 Å². The zero-order valence-corrected chi connectivity index (χ0v) is 9.47. The lowest BCUT2D eigenvalue weighted by atomic mass is 10.1. The molecule has 2 nitrogen and oxygen atoms in total. The second-order valence-electron chi connectivity index (χ2n) is 4.12. The van der Waals surface area contributed by atoms with E-state index in [1.165, 1.54) is 24.9 Å². The van der Waals surface area contributed by atoms with Gasteiger partial charge in [-0.1, -0.05) is 13.0 Å². The number of likely N-dealkylation sites (N-methyl/N-ethyl adjacent to an activating group) is 1. The summed E-state index contributed by atoms with van der Waals surface area (Å²) < 4.78 is 0. The summed E-state index contributed by atoms with van der Waals surface area (Å²) >= 11 is 0. The van der Waals surface area contributed by atoms with Gasteiger partial charge in [-0.05, 0) is 49.1 Å². The van der Waals surface area contributed by atoms with E-state index in [9.17, 15) is 0 Å². The summed E-state index contributed by atoms with van der Waals surface area (Å²) in [6.07, 6.45) is 3.86. The molecule has 1 aliphatic carbocycles. The van der Waals surface area contributed by atoms with Crippen molar-refractivity contribution in [2.45, 2.75) is 26.2 Å². The van der Waals surface area contributed by atoms with E-state index in [-0.39, 0.29) is 0 Å². The topological polar surface area (TPSA) is 24.1 Å². The highest BCUT2D eigenvalue weighted by molar-refractivity contribution is 5.50. The molecule has 1 aromatic carbocycles. The quantitative estimate of drug-likeness (QED) is 0.718. The van der Waals surface area contributed by atoms with E-state index in [0.29, 0.717) is 0 Å². The molecule has 0 heterocycles. The van der Waals surface area contributed by atoms with E-state index < -0.39 is 0 Å². The van der Waals surface area contributed by atoms with Gasteiger partial charge in [-0.3, -0.25) is 0 Å². The molecule has 0 amide bonds. The molecule has 82 valence electrons. The minimum absolute atomic E-state index is 1.01. The molecule has 0 spiro atoms. The molecule has 2 heteroatoms. The monoisotopic (exact) mass is 204 g/mol. The van der Waals surface area contributed by atoms with Crippen molar-refractivity contribution in [2.75, 3.05) is 25.0 Å². The molecule has 2 N–H and O–H groups in total. The van der Waals surface area contributed by atoms with Crippen LogP contribution in [0.1, 0.15) is 24.5 Å². The van der Waals surface area contributed by atoms with Gasteiger partial charge in [0, 0.05) is 18.8 Å². The predicted molar refractivity (Wildman–Crippen MR) is 65.5 cm³/mol. The maximum Gasteiger partial charge on any atom is 0.0343 e. The number of hydrogen-bond acceptors (Lipinski definition) is 2. The first-order chi connectivity index (χ1) is 7.40. The molecule has 0 unspecified atom stereocenters. The number of fused-ring (bicyclic) bond motifs is 1. The Labute approximate surface area is 92.1 Å². The van der Waals surface area contributed by atoms with Crippen molar-refractivity contribution in [3.63, 3.8) is 0 Å². The van der Waals surface area contributed by atoms with Gasteiger partial charge in [-0.15, -0.1) is 0 Å². The lowest BCUT2D eigenvalue weighted by Crippen LogP contribution is -2.21. The van der Waals surface area contributed by atoms with E-state index in [1.807, 2.05) is 0 Å². The van der Waals surface area contributed by atoms with Crippen molar-refractivity contribution in [3.05, 3.63) is 29.3 Å². The van der Waals surface area contributed by atoms with Crippen LogP contribution in [-0.4, -0.2) is 19.6 Å². The molecule has 0 aromatic heterocycles. The number of nitrogens with one attached hydrogen (secondary N) is 2. The molecule has 0 atom stereocenters. The lowest BCUT2D eigenvalue weighted by molar-refractivity contribution is 0.739. The van der Waals surface area contributed by atoms with Crippen LogP contribution < -0.4 is 10.6 Å². The summed E-state index contributed by atoms with van der Waals surface area (Å²) in [6, 6.07) is 6.79. The zero-order valence-electron chi connectivity index (χ0n) is 9.47. The highest BCUT2D eigenvalue weighted by Crippen LogP contribution is 2.24. The Morgan fingerprint density at radius 2 is 2.00 bits per heavy atom. The average molecular weight is 204 g/mol. The van der Waals surface area contributed by atoms with Crippen molar-refractivity contribution >= 4 is 5.69 Å². The summed E-state index contributed by atoms with van der Waals surface area (Å²) in [6.45, 7) is 5.22. The normalized spacial score (nSPS) is 13.9. The smallest absolute Gasteiger partial charge is 0.0343 e. The van der Waals surface area contributed by atoms with Crippen LogP contribution in [0.4, 0.5) is 5.69 Å². The number of benzene rings is 1. The molecule has 0 saturated carbocycles. The van der Waals surface area contributed by atoms with Crippen LogP contribution in [-0.2, 0) is 12.8 Å². The van der Waals surface area contributed by atoms with Crippen LogP contribution in [0.3, 0.4) is 0 Å². The van der Waals surface area contributed by atoms with Gasteiger partial charge in [0.2, 0.25) is 0 Å². The summed E-state index contributed by atoms with van der Waals surface area (Å²) in [7, 11) is 0. The fraction of sp³-hybridized carbons (Fsp3) is 0.538. The maximum atomic E-state index is 3.45. The Hall–Kier alpha value is -1.02. The molecule has 1 aromatic rings. The van der Waals surface area contributed by atoms with Crippen LogP contribution >= 0.6 is 0 Å². The summed E-state index contributed by atoms with van der Waals surface area (Å²) in [5, 5.41) is 6.75. The van der Waals surface area contributed by atoms with E-state index in [1.54, 1.807) is 11.1 Å². The standard InChI is InChI=1S/C13H20N2/c1-2-14-8-9-15-13-7-6-11-4-3-5-12(11)10-13/h6-7,10,14-15H,2-5,8-9H2,1H3. The van der Waals surface area contributed by atoms with E-state index in [2.05, 4.69) is 35.8 Å². The molecule has 0 radical (unpaired) electrons. The Morgan fingerprint density at radius 1 is 1.13 bits per heavy atom. The predicted octanol–water partition coefficient (Wildman–Crippen LogP) is 2.20. The highest BCUT2D eigenvalue weighted by atomic mass is 14.9. The second kappa shape index (κ2) is 5.17. The van der Waals surface area contributed by atoms with Gasteiger partial charge in [-0.2, -0.15) is 0 Å². The maximum absolute atomic E-state index is 3.45. The number of hydrogen-bond donors (Lipinski definition) is 2. The third-order valence-corrected chi connectivity index (χ3v) is 2.98. The van der Waals surface area contributed by atoms with E-state index in [0.717, 1.165) is 19.6 Å². The summed E-state index contributed by atoms with van der Waals surface area (Å²) in [5.41, 5.74) is 4.37. The second-order valence-corrected chi connectivity index (χ2v) is 4.12. The third-order valence-electron chi connectivity index (χ3n) is 2.98. The van der Waals surface area contributed by atoms with Gasteiger partial charge in [0.1, 0.15) is 0 Å². The molecular weight excluding hydrogens is 184 g/mol. The fourth-order valence-electron chi connectivity index (χ4n) is 2.15. The number of aryl methyl sites for hydroxylation is 2.